The monoisotopic (exact) mass is 332 g/mol. The number of carboxylic acids is 1. The van der Waals surface area contributed by atoms with E-state index in [-0.39, 0.29) is 0 Å². The van der Waals surface area contributed by atoms with Crippen molar-refractivity contribution in [2.45, 2.75) is 13.0 Å². The molecular formula is C21H20N2O2. The molecule has 0 aliphatic carbocycles. The highest BCUT2D eigenvalue weighted by Crippen LogP contribution is 2.20. The molecular weight excluding hydrogens is 312 g/mol. The van der Waals surface area contributed by atoms with Crippen molar-refractivity contribution in [3.05, 3.63) is 71.9 Å². The number of hydrogen-bond donors (Lipinski definition) is 1. The topological polar surface area (TPSA) is 53.4 Å². The third-order valence-corrected chi connectivity index (χ3v) is 4.38. The summed E-state index contributed by atoms with van der Waals surface area (Å²) < 4.78 is 0. The number of aromatic nitrogens is 1. The number of pyridine rings is 1. The van der Waals surface area contributed by atoms with Crippen LogP contribution in [0.5, 0.6) is 0 Å². The maximum Gasteiger partial charge on any atom is 0.326 e. The Morgan fingerprint density at radius 3 is 2.52 bits per heavy atom. The summed E-state index contributed by atoms with van der Waals surface area (Å²) in [5, 5.41) is 10.2. The van der Waals surface area contributed by atoms with Crippen LogP contribution in [0.4, 0.5) is 5.69 Å². The fourth-order valence-corrected chi connectivity index (χ4v) is 2.66. The predicted molar refractivity (Wildman–Crippen MR) is 103 cm³/mol. The van der Waals surface area contributed by atoms with Gasteiger partial charge in [-0.2, -0.15) is 0 Å². The second-order valence-electron chi connectivity index (χ2n) is 5.97. The molecule has 4 nitrogen and oxygen atoms in total. The first-order valence-electron chi connectivity index (χ1n) is 8.14. The Bertz CT molecular complexity index is 911. The SMILES string of the molecule is CC(C(=O)O)N(C)c1ccc(C=Cc2ccnc3ccccc23)cc1. The third-order valence-electron chi connectivity index (χ3n) is 4.38. The lowest BCUT2D eigenvalue weighted by atomic mass is 10.1. The second kappa shape index (κ2) is 7.18. The lowest BCUT2D eigenvalue weighted by Gasteiger charge is -2.23. The summed E-state index contributed by atoms with van der Waals surface area (Å²) in [6, 6.07) is 17.3. The molecule has 3 rings (SSSR count). The van der Waals surface area contributed by atoms with E-state index < -0.39 is 12.0 Å². The van der Waals surface area contributed by atoms with E-state index >= 15 is 0 Å². The molecule has 0 saturated heterocycles. The van der Waals surface area contributed by atoms with Gasteiger partial charge in [0.05, 0.1) is 5.52 Å². The molecule has 1 aromatic heterocycles. The molecule has 0 spiro atoms. The first kappa shape index (κ1) is 16.7. The van der Waals surface area contributed by atoms with Crippen LogP contribution in [0.3, 0.4) is 0 Å². The summed E-state index contributed by atoms with van der Waals surface area (Å²) in [6.45, 7) is 1.67. The van der Waals surface area contributed by atoms with E-state index in [1.807, 2.05) is 60.8 Å². The van der Waals surface area contributed by atoms with E-state index in [0.717, 1.165) is 27.7 Å². The summed E-state index contributed by atoms with van der Waals surface area (Å²) in [4.78, 5) is 17.2. The zero-order valence-electron chi connectivity index (χ0n) is 14.3. The molecule has 2 aromatic carbocycles. The van der Waals surface area contributed by atoms with Crippen molar-refractivity contribution >= 4 is 34.7 Å². The molecule has 0 saturated carbocycles. The van der Waals surface area contributed by atoms with Crippen LogP contribution in [0, 0.1) is 0 Å². The number of nitrogens with zero attached hydrogens (tertiary/aromatic N) is 2. The maximum atomic E-state index is 11.1. The predicted octanol–water partition coefficient (Wildman–Crippen LogP) is 4.31. The zero-order valence-corrected chi connectivity index (χ0v) is 14.3. The number of aliphatic carboxylic acids is 1. The van der Waals surface area contributed by atoms with Gasteiger partial charge in [0.1, 0.15) is 6.04 Å². The Hall–Kier alpha value is -3.14. The summed E-state index contributed by atoms with van der Waals surface area (Å²) in [5.41, 5.74) is 4.03. The van der Waals surface area contributed by atoms with Crippen molar-refractivity contribution in [3.63, 3.8) is 0 Å². The van der Waals surface area contributed by atoms with Gasteiger partial charge >= 0.3 is 5.97 Å². The normalized spacial score (nSPS) is 12.4. The van der Waals surface area contributed by atoms with Crippen LogP contribution in [0.25, 0.3) is 23.1 Å². The van der Waals surface area contributed by atoms with Crippen molar-refractivity contribution in [2.24, 2.45) is 0 Å². The van der Waals surface area contributed by atoms with Gasteiger partial charge < -0.3 is 10.0 Å². The first-order chi connectivity index (χ1) is 12.1. The van der Waals surface area contributed by atoms with Crippen molar-refractivity contribution in [1.29, 1.82) is 0 Å². The van der Waals surface area contributed by atoms with Crippen LogP contribution in [0.2, 0.25) is 0 Å². The molecule has 1 N–H and O–H groups in total. The van der Waals surface area contributed by atoms with Crippen molar-refractivity contribution < 1.29 is 9.90 Å². The molecule has 0 bridgehead atoms. The minimum Gasteiger partial charge on any atom is -0.480 e. The van der Waals surface area contributed by atoms with E-state index in [0.29, 0.717) is 0 Å². The highest BCUT2D eigenvalue weighted by Gasteiger charge is 2.16. The van der Waals surface area contributed by atoms with Crippen LogP contribution >= 0.6 is 0 Å². The third kappa shape index (κ3) is 3.69. The maximum absolute atomic E-state index is 11.1. The van der Waals surface area contributed by atoms with Crippen molar-refractivity contribution in [2.75, 3.05) is 11.9 Å². The Kier molecular flexibility index (Phi) is 4.80. The highest BCUT2D eigenvalue weighted by molar-refractivity contribution is 5.90. The minimum absolute atomic E-state index is 0.565. The molecule has 1 heterocycles. The lowest BCUT2D eigenvalue weighted by Crippen LogP contribution is -2.35. The number of likely N-dealkylation sites (N-methyl/N-ethyl adjacent to an activating group) is 1. The molecule has 25 heavy (non-hydrogen) atoms. The number of rotatable bonds is 5. The van der Waals surface area contributed by atoms with E-state index in [4.69, 9.17) is 5.11 Å². The Labute approximate surface area is 147 Å². The fourth-order valence-electron chi connectivity index (χ4n) is 2.66. The Balaban J connectivity index is 1.81. The van der Waals surface area contributed by atoms with Crippen LogP contribution in [0.15, 0.2) is 60.8 Å². The summed E-state index contributed by atoms with van der Waals surface area (Å²) in [5.74, 6) is -0.837. The number of benzene rings is 2. The zero-order chi connectivity index (χ0) is 17.8. The quantitative estimate of drug-likeness (QED) is 0.756. The molecule has 126 valence electrons. The average Bonchev–Trinajstić information content (AvgIpc) is 2.65. The molecule has 1 unspecified atom stereocenters. The number of carbonyl (C=O) groups is 1. The van der Waals surface area contributed by atoms with Gasteiger partial charge in [-0.15, -0.1) is 0 Å². The molecule has 0 amide bonds. The van der Waals surface area contributed by atoms with Gasteiger partial charge in [0.25, 0.3) is 0 Å². The summed E-state index contributed by atoms with van der Waals surface area (Å²) in [7, 11) is 1.78. The van der Waals surface area contributed by atoms with Gasteiger partial charge in [0, 0.05) is 24.3 Å². The number of para-hydroxylation sites is 1. The average molecular weight is 332 g/mol. The van der Waals surface area contributed by atoms with Crippen LogP contribution in [0.1, 0.15) is 18.1 Å². The van der Waals surface area contributed by atoms with Crippen molar-refractivity contribution in [1.82, 2.24) is 4.98 Å². The molecule has 0 radical (unpaired) electrons. The van der Waals surface area contributed by atoms with Gasteiger partial charge in [0.15, 0.2) is 0 Å². The fraction of sp³-hybridized carbons (Fsp3) is 0.143. The Morgan fingerprint density at radius 2 is 1.80 bits per heavy atom. The minimum atomic E-state index is -0.837. The van der Waals surface area contributed by atoms with E-state index in [1.54, 1.807) is 18.9 Å². The van der Waals surface area contributed by atoms with Gasteiger partial charge in [-0.3, -0.25) is 4.98 Å². The number of fused-ring (bicyclic) bond motifs is 1. The van der Waals surface area contributed by atoms with Gasteiger partial charge in [-0.25, -0.2) is 4.79 Å². The van der Waals surface area contributed by atoms with Crippen LogP contribution < -0.4 is 4.90 Å². The number of carboxylic acid groups (broad SMARTS) is 1. The van der Waals surface area contributed by atoms with Gasteiger partial charge in [-0.1, -0.05) is 42.5 Å². The smallest absolute Gasteiger partial charge is 0.326 e. The summed E-state index contributed by atoms with van der Waals surface area (Å²) >= 11 is 0. The van der Waals surface area contributed by atoms with Crippen LogP contribution in [-0.4, -0.2) is 29.1 Å². The molecule has 4 heteroatoms. The largest absolute Gasteiger partial charge is 0.480 e. The molecule has 1 atom stereocenters. The highest BCUT2D eigenvalue weighted by atomic mass is 16.4. The molecule has 0 aliphatic rings. The molecule has 3 aromatic rings. The Morgan fingerprint density at radius 1 is 1.08 bits per heavy atom. The van der Waals surface area contributed by atoms with Crippen LogP contribution in [-0.2, 0) is 4.79 Å². The van der Waals surface area contributed by atoms with E-state index in [2.05, 4.69) is 17.1 Å². The summed E-state index contributed by atoms with van der Waals surface area (Å²) in [6.07, 6.45) is 5.93. The standard InChI is InChI=1S/C21H20N2O2/c1-15(21(24)25)23(2)18-11-8-16(9-12-18)7-10-17-13-14-22-20-6-4-3-5-19(17)20/h3-15H,1-2H3,(H,24,25). The van der Waals surface area contributed by atoms with Gasteiger partial charge in [0.2, 0.25) is 0 Å². The van der Waals surface area contributed by atoms with Crippen molar-refractivity contribution in [3.8, 4) is 0 Å². The molecule has 0 aliphatic heterocycles. The van der Waals surface area contributed by atoms with E-state index in [1.165, 1.54) is 0 Å². The van der Waals surface area contributed by atoms with E-state index in [9.17, 15) is 4.79 Å². The number of anilines is 1. The second-order valence-corrected chi connectivity index (χ2v) is 5.97. The lowest BCUT2D eigenvalue weighted by molar-refractivity contribution is -0.138. The number of hydrogen-bond acceptors (Lipinski definition) is 3. The first-order valence-corrected chi connectivity index (χ1v) is 8.14. The van der Waals surface area contributed by atoms with Gasteiger partial charge in [-0.05, 0) is 42.3 Å². The molecule has 0 fully saturated rings.